The molecule has 0 unspecified atom stereocenters. The number of carbonyl (C=O) groups excluding carboxylic acids is 1. The molecule has 50 heavy (non-hydrogen) atoms. The minimum Gasteiger partial charge on any atom is -0.457 e. The van der Waals surface area contributed by atoms with Crippen LogP contribution in [0.2, 0.25) is 0 Å². The van der Waals surface area contributed by atoms with Crippen LogP contribution in [-0.2, 0) is 16.1 Å². The lowest BCUT2D eigenvalue weighted by Crippen LogP contribution is -2.43. The predicted octanol–water partition coefficient (Wildman–Crippen LogP) is 8.21. The molecule has 0 aliphatic carbocycles. The Kier molecular flexibility index (Phi) is 11.5. The van der Waals surface area contributed by atoms with Crippen molar-refractivity contribution in [1.82, 2.24) is 4.90 Å². The van der Waals surface area contributed by atoms with Crippen LogP contribution in [0.5, 0.6) is 11.5 Å². The summed E-state index contributed by atoms with van der Waals surface area (Å²) in [6.45, 7) is 2.53. The number of anilines is 2. The summed E-state index contributed by atoms with van der Waals surface area (Å²) in [5.41, 5.74) is 4.62. The SMILES string of the molecule is C[C@H]([C@@H](O)c1ccccc1)N(C)C[C@H]1C[C@@H](c2ccc(CO)cc2)O[C@@H](c2cccc(NC(=O)Nc3ccc(Oc4ccccc4)cc3)c2)O1. The highest BCUT2D eigenvalue weighted by molar-refractivity contribution is 5.99. The molecule has 5 aromatic rings. The van der Waals surface area contributed by atoms with Crippen LogP contribution in [0.4, 0.5) is 16.2 Å². The molecule has 1 fully saturated rings. The van der Waals surface area contributed by atoms with Crippen molar-refractivity contribution in [1.29, 1.82) is 0 Å². The fourth-order valence-electron chi connectivity index (χ4n) is 5.98. The zero-order valence-corrected chi connectivity index (χ0v) is 28.2. The monoisotopic (exact) mass is 673 g/mol. The third-order valence-electron chi connectivity index (χ3n) is 8.91. The molecule has 9 nitrogen and oxygen atoms in total. The Balaban J connectivity index is 1.13. The maximum absolute atomic E-state index is 13.0. The number of hydrogen-bond donors (Lipinski definition) is 4. The molecule has 0 spiro atoms. The van der Waals surface area contributed by atoms with Crippen LogP contribution in [0.3, 0.4) is 0 Å². The van der Waals surface area contributed by atoms with E-state index in [1.54, 1.807) is 24.3 Å². The lowest BCUT2D eigenvalue weighted by atomic mass is 9.98. The zero-order chi connectivity index (χ0) is 34.9. The van der Waals surface area contributed by atoms with Crippen molar-refractivity contribution in [3.8, 4) is 11.5 Å². The number of benzene rings is 5. The van der Waals surface area contributed by atoms with Crippen molar-refractivity contribution in [3.05, 3.63) is 156 Å². The second kappa shape index (κ2) is 16.6. The van der Waals surface area contributed by atoms with Gasteiger partial charge in [-0.3, -0.25) is 4.90 Å². The van der Waals surface area contributed by atoms with Crippen molar-refractivity contribution in [2.75, 3.05) is 24.2 Å². The van der Waals surface area contributed by atoms with Gasteiger partial charge in [0.25, 0.3) is 0 Å². The second-order valence-corrected chi connectivity index (χ2v) is 12.5. The van der Waals surface area contributed by atoms with Gasteiger partial charge in [-0.05, 0) is 79.2 Å². The molecule has 2 amide bonds. The van der Waals surface area contributed by atoms with Gasteiger partial charge in [0.05, 0.1) is 24.9 Å². The van der Waals surface area contributed by atoms with Crippen LogP contribution in [-0.4, -0.2) is 46.9 Å². The summed E-state index contributed by atoms with van der Waals surface area (Å²) < 4.78 is 18.9. The van der Waals surface area contributed by atoms with Gasteiger partial charge in [-0.25, -0.2) is 4.79 Å². The van der Waals surface area contributed by atoms with Gasteiger partial charge in [0.15, 0.2) is 6.29 Å². The quantitative estimate of drug-likeness (QED) is 0.106. The largest absolute Gasteiger partial charge is 0.457 e. The molecule has 4 N–H and O–H groups in total. The van der Waals surface area contributed by atoms with E-state index in [9.17, 15) is 15.0 Å². The molecule has 1 heterocycles. The first-order valence-corrected chi connectivity index (χ1v) is 16.8. The third-order valence-corrected chi connectivity index (χ3v) is 8.91. The molecule has 0 radical (unpaired) electrons. The first-order chi connectivity index (χ1) is 24.3. The van der Waals surface area contributed by atoms with Crippen LogP contribution in [0, 0.1) is 0 Å². The molecule has 5 aromatic carbocycles. The topological polar surface area (TPSA) is 113 Å². The van der Waals surface area contributed by atoms with Crippen molar-refractivity contribution in [2.45, 2.75) is 50.6 Å². The number of rotatable bonds is 12. The number of aliphatic hydroxyl groups excluding tert-OH is 2. The van der Waals surface area contributed by atoms with E-state index in [1.807, 2.05) is 123 Å². The van der Waals surface area contributed by atoms with Crippen LogP contribution < -0.4 is 15.4 Å². The van der Waals surface area contributed by atoms with Gasteiger partial charge in [-0.15, -0.1) is 0 Å². The van der Waals surface area contributed by atoms with Crippen LogP contribution in [0.15, 0.2) is 133 Å². The zero-order valence-electron chi connectivity index (χ0n) is 28.2. The Labute approximate surface area is 293 Å². The Morgan fingerprint density at radius 3 is 2.16 bits per heavy atom. The Bertz CT molecular complexity index is 1800. The summed E-state index contributed by atoms with van der Waals surface area (Å²) in [7, 11) is 1.99. The van der Waals surface area contributed by atoms with Gasteiger partial charge in [0, 0.05) is 35.9 Å². The van der Waals surface area contributed by atoms with E-state index in [-0.39, 0.29) is 24.9 Å². The van der Waals surface area contributed by atoms with E-state index in [0.717, 1.165) is 28.0 Å². The Hall–Kier alpha value is -5.03. The fraction of sp³-hybridized carbons (Fsp3) is 0.244. The number of amides is 2. The first-order valence-electron chi connectivity index (χ1n) is 16.8. The Morgan fingerprint density at radius 2 is 1.46 bits per heavy atom. The molecular formula is C41H43N3O6. The van der Waals surface area contributed by atoms with E-state index in [0.29, 0.717) is 30.1 Å². The normalized spacial score (nSPS) is 18.6. The lowest BCUT2D eigenvalue weighted by Gasteiger charge is -2.39. The van der Waals surface area contributed by atoms with Gasteiger partial charge in [-0.1, -0.05) is 84.9 Å². The van der Waals surface area contributed by atoms with Crippen molar-refractivity contribution < 1.29 is 29.2 Å². The highest BCUT2D eigenvalue weighted by Crippen LogP contribution is 2.39. The highest BCUT2D eigenvalue weighted by atomic mass is 16.7. The van der Waals surface area contributed by atoms with Crippen molar-refractivity contribution in [3.63, 3.8) is 0 Å². The van der Waals surface area contributed by atoms with Crippen LogP contribution in [0.25, 0.3) is 0 Å². The van der Waals surface area contributed by atoms with E-state index >= 15 is 0 Å². The van der Waals surface area contributed by atoms with Gasteiger partial charge in [-0.2, -0.15) is 0 Å². The number of nitrogens with zero attached hydrogens (tertiary/aromatic N) is 1. The summed E-state index contributed by atoms with van der Waals surface area (Å²) in [5, 5.41) is 26.4. The smallest absolute Gasteiger partial charge is 0.323 e. The summed E-state index contributed by atoms with van der Waals surface area (Å²) in [6, 6.07) is 40.9. The first kappa shape index (κ1) is 34.8. The molecule has 258 valence electrons. The highest BCUT2D eigenvalue weighted by Gasteiger charge is 2.34. The molecule has 5 atom stereocenters. The molecule has 6 rings (SSSR count). The minimum atomic E-state index is -0.707. The average molecular weight is 674 g/mol. The third kappa shape index (κ3) is 9.15. The predicted molar refractivity (Wildman–Crippen MR) is 194 cm³/mol. The van der Waals surface area contributed by atoms with E-state index < -0.39 is 18.4 Å². The molecule has 0 saturated carbocycles. The number of likely N-dealkylation sites (N-methyl/N-ethyl adjacent to an activating group) is 1. The van der Waals surface area contributed by atoms with E-state index in [1.165, 1.54) is 0 Å². The number of ether oxygens (including phenoxy) is 3. The van der Waals surface area contributed by atoms with E-state index in [4.69, 9.17) is 14.2 Å². The second-order valence-electron chi connectivity index (χ2n) is 12.5. The molecule has 1 aliphatic heterocycles. The standard InChI is InChI=1S/C41H43N3O6/c1-28(39(46)31-10-5-3-6-11-31)44(2)26-37-25-38(30-18-16-29(27-45)17-19-30)50-40(49-37)32-12-9-13-34(24-32)43-41(47)42-33-20-22-36(23-21-33)48-35-14-7-4-8-15-35/h3-24,28,37-40,45-46H,25-27H2,1-2H3,(H2,42,43,47)/t28-,37-,38+,39-,40+/m1/s1. The number of carbonyl (C=O) groups is 1. The average Bonchev–Trinajstić information content (AvgIpc) is 3.15. The molecule has 9 heteroatoms. The lowest BCUT2D eigenvalue weighted by molar-refractivity contribution is -0.253. The van der Waals surface area contributed by atoms with Gasteiger partial charge in [0.2, 0.25) is 0 Å². The van der Waals surface area contributed by atoms with Gasteiger partial charge in [0.1, 0.15) is 11.5 Å². The molecular weight excluding hydrogens is 630 g/mol. The summed E-state index contributed by atoms with van der Waals surface area (Å²) in [4.78, 5) is 15.1. The maximum atomic E-state index is 13.0. The van der Waals surface area contributed by atoms with Crippen LogP contribution in [0.1, 0.15) is 54.1 Å². The summed E-state index contributed by atoms with van der Waals surface area (Å²) in [6.07, 6.45) is -1.26. The minimum absolute atomic E-state index is 0.0338. The van der Waals surface area contributed by atoms with Crippen molar-refractivity contribution in [2.24, 2.45) is 0 Å². The molecule has 1 aliphatic rings. The number of urea groups is 1. The molecule has 0 aromatic heterocycles. The van der Waals surface area contributed by atoms with Gasteiger partial charge < -0.3 is 35.1 Å². The number of aliphatic hydroxyl groups is 2. The molecule has 0 bridgehead atoms. The Morgan fingerprint density at radius 1 is 0.800 bits per heavy atom. The van der Waals surface area contributed by atoms with Crippen LogP contribution >= 0.6 is 0 Å². The number of nitrogens with one attached hydrogen (secondary N) is 2. The summed E-state index contributed by atoms with van der Waals surface area (Å²) in [5.74, 6) is 1.40. The van der Waals surface area contributed by atoms with Crippen molar-refractivity contribution >= 4 is 17.4 Å². The maximum Gasteiger partial charge on any atom is 0.323 e. The summed E-state index contributed by atoms with van der Waals surface area (Å²) >= 11 is 0. The number of hydrogen-bond acceptors (Lipinski definition) is 7. The number of para-hydroxylation sites is 1. The fourth-order valence-corrected chi connectivity index (χ4v) is 5.98. The van der Waals surface area contributed by atoms with E-state index in [2.05, 4.69) is 15.5 Å². The molecule has 1 saturated heterocycles. The van der Waals surface area contributed by atoms with Gasteiger partial charge >= 0.3 is 6.03 Å².